The van der Waals surface area contributed by atoms with Gasteiger partial charge < -0.3 is 4.74 Å². The molecule has 2 heteroatoms. The third-order valence-electron chi connectivity index (χ3n) is 3.43. The minimum absolute atomic E-state index is 0.778. The predicted octanol–water partition coefficient (Wildman–Crippen LogP) is 3.07. The summed E-state index contributed by atoms with van der Waals surface area (Å²) < 4.78 is 5.52. The molecule has 1 aliphatic heterocycles. The third-order valence-corrected chi connectivity index (χ3v) is 3.43. The Hall–Kier alpha value is -0.0800. The first-order chi connectivity index (χ1) is 7.25. The molecule has 0 unspecified atom stereocenters. The molecule has 0 aromatic carbocycles. The van der Waals surface area contributed by atoms with Gasteiger partial charge in [-0.2, -0.15) is 0 Å². The summed E-state index contributed by atoms with van der Waals surface area (Å²) in [5.74, 6) is 0. The molecule has 1 heterocycles. The zero-order chi connectivity index (χ0) is 11.1. The quantitative estimate of drug-likeness (QED) is 0.629. The van der Waals surface area contributed by atoms with Crippen LogP contribution in [-0.4, -0.2) is 36.7 Å². The Kier molecular flexibility index (Phi) is 6.26. The molecule has 0 bridgehead atoms. The van der Waals surface area contributed by atoms with E-state index < -0.39 is 0 Å². The Bertz CT molecular complexity index is 151. The van der Waals surface area contributed by atoms with E-state index >= 15 is 0 Å². The van der Waals surface area contributed by atoms with Crippen molar-refractivity contribution in [1.82, 2.24) is 4.90 Å². The lowest BCUT2D eigenvalue weighted by molar-refractivity contribution is 0.0766. The molecule has 1 fully saturated rings. The van der Waals surface area contributed by atoms with Crippen molar-refractivity contribution in [3.63, 3.8) is 0 Å². The maximum Gasteiger partial charge on any atom is 0.0478 e. The van der Waals surface area contributed by atoms with Crippen LogP contribution in [-0.2, 0) is 4.74 Å². The number of nitrogens with zero attached hydrogens (tertiary/aromatic N) is 1. The fourth-order valence-electron chi connectivity index (χ4n) is 2.51. The minimum Gasteiger partial charge on any atom is -0.381 e. The predicted molar refractivity (Wildman–Crippen MR) is 65.2 cm³/mol. The van der Waals surface area contributed by atoms with Gasteiger partial charge in [-0.1, -0.05) is 13.3 Å². The molecule has 2 atom stereocenters. The van der Waals surface area contributed by atoms with E-state index in [0.717, 1.165) is 31.7 Å². The van der Waals surface area contributed by atoms with Crippen molar-refractivity contribution >= 4 is 0 Å². The average molecular weight is 213 g/mol. The zero-order valence-electron chi connectivity index (χ0n) is 10.7. The van der Waals surface area contributed by atoms with Crippen molar-refractivity contribution < 1.29 is 4.74 Å². The van der Waals surface area contributed by atoms with E-state index in [1.807, 2.05) is 0 Å². The van der Waals surface area contributed by atoms with Gasteiger partial charge in [0.05, 0.1) is 0 Å². The second-order valence-corrected chi connectivity index (χ2v) is 4.83. The highest BCUT2D eigenvalue weighted by atomic mass is 16.5. The first-order valence-corrected chi connectivity index (χ1v) is 6.59. The molecule has 90 valence electrons. The molecule has 0 spiro atoms. The molecule has 0 amide bonds. The van der Waals surface area contributed by atoms with Gasteiger partial charge >= 0.3 is 0 Å². The lowest BCUT2D eigenvalue weighted by Crippen LogP contribution is -2.44. The molecule has 0 aliphatic carbocycles. The van der Waals surface area contributed by atoms with E-state index in [1.165, 1.54) is 32.2 Å². The number of hydrogen-bond donors (Lipinski definition) is 0. The Morgan fingerprint density at radius 2 is 1.80 bits per heavy atom. The summed E-state index contributed by atoms with van der Waals surface area (Å²) in [5.41, 5.74) is 0. The highest BCUT2D eigenvalue weighted by molar-refractivity contribution is 4.79. The van der Waals surface area contributed by atoms with Crippen LogP contribution in [0, 0.1) is 0 Å². The van der Waals surface area contributed by atoms with E-state index in [0.29, 0.717) is 0 Å². The fraction of sp³-hybridized carbons (Fsp3) is 1.00. The fourth-order valence-corrected chi connectivity index (χ4v) is 2.51. The molecule has 0 radical (unpaired) electrons. The number of piperidine rings is 1. The topological polar surface area (TPSA) is 12.5 Å². The van der Waals surface area contributed by atoms with E-state index in [1.54, 1.807) is 0 Å². The van der Waals surface area contributed by atoms with Crippen LogP contribution >= 0.6 is 0 Å². The molecule has 0 aromatic rings. The number of rotatable bonds is 6. The normalized spacial score (nSPS) is 28.2. The van der Waals surface area contributed by atoms with Crippen molar-refractivity contribution in [2.24, 2.45) is 0 Å². The minimum atomic E-state index is 0.778. The van der Waals surface area contributed by atoms with Crippen LogP contribution in [0.25, 0.3) is 0 Å². The summed E-state index contributed by atoms with van der Waals surface area (Å²) in [6.45, 7) is 9.96. The molecule has 1 saturated heterocycles. The van der Waals surface area contributed by atoms with E-state index in [4.69, 9.17) is 4.74 Å². The number of likely N-dealkylation sites (tertiary alicyclic amines) is 1. The SMILES string of the molecule is CCCOCCCN1[C@H](C)CCC[C@@H]1C. The summed E-state index contributed by atoms with van der Waals surface area (Å²) in [4.78, 5) is 2.65. The Balaban J connectivity index is 2.12. The van der Waals surface area contributed by atoms with Crippen LogP contribution in [0.1, 0.15) is 52.9 Å². The van der Waals surface area contributed by atoms with Crippen LogP contribution in [0.5, 0.6) is 0 Å². The van der Waals surface area contributed by atoms with Crippen LogP contribution in [0.2, 0.25) is 0 Å². The second kappa shape index (κ2) is 7.24. The maximum atomic E-state index is 5.52. The second-order valence-electron chi connectivity index (χ2n) is 4.83. The number of ether oxygens (including phenoxy) is 1. The van der Waals surface area contributed by atoms with Gasteiger partial charge in [-0.15, -0.1) is 0 Å². The van der Waals surface area contributed by atoms with Gasteiger partial charge in [-0.3, -0.25) is 4.90 Å². The smallest absolute Gasteiger partial charge is 0.0478 e. The van der Waals surface area contributed by atoms with Crippen molar-refractivity contribution in [2.75, 3.05) is 19.8 Å². The zero-order valence-corrected chi connectivity index (χ0v) is 10.7. The first kappa shape index (κ1) is 13.0. The highest BCUT2D eigenvalue weighted by Crippen LogP contribution is 2.22. The molecular weight excluding hydrogens is 186 g/mol. The van der Waals surface area contributed by atoms with Gasteiger partial charge in [-0.05, 0) is 39.5 Å². The summed E-state index contributed by atoms with van der Waals surface area (Å²) in [6, 6.07) is 1.56. The summed E-state index contributed by atoms with van der Waals surface area (Å²) in [5, 5.41) is 0. The molecule has 2 nitrogen and oxygen atoms in total. The molecular formula is C13H27NO. The standard InChI is InChI=1S/C13H27NO/c1-4-10-15-11-6-9-14-12(2)7-5-8-13(14)3/h12-13H,4-11H2,1-3H3/t12-,13+. The average Bonchev–Trinajstić information content (AvgIpc) is 2.21. The van der Waals surface area contributed by atoms with E-state index in [9.17, 15) is 0 Å². The maximum absolute atomic E-state index is 5.52. The molecule has 1 aliphatic rings. The van der Waals surface area contributed by atoms with Crippen molar-refractivity contribution in [3.05, 3.63) is 0 Å². The van der Waals surface area contributed by atoms with Gasteiger partial charge in [0.25, 0.3) is 0 Å². The summed E-state index contributed by atoms with van der Waals surface area (Å²) >= 11 is 0. The van der Waals surface area contributed by atoms with Crippen molar-refractivity contribution in [3.8, 4) is 0 Å². The highest BCUT2D eigenvalue weighted by Gasteiger charge is 2.23. The Morgan fingerprint density at radius 3 is 2.40 bits per heavy atom. The molecule has 0 N–H and O–H groups in total. The summed E-state index contributed by atoms with van der Waals surface area (Å²) in [7, 11) is 0. The Labute approximate surface area is 95.0 Å². The number of hydrogen-bond acceptors (Lipinski definition) is 2. The van der Waals surface area contributed by atoms with Crippen LogP contribution in [0.4, 0.5) is 0 Å². The monoisotopic (exact) mass is 213 g/mol. The van der Waals surface area contributed by atoms with Gasteiger partial charge in [-0.25, -0.2) is 0 Å². The Morgan fingerprint density at radius 1 is 1.13 bits per heavy atom. The molecule has 15 heavy (non-hydrogen) atoms. The lowest BCUT2D eigenvalue weighted by Gasteiger charge is -2.39. The van der Waals surface area contributed by atoms with E-state index in [2.05, 4.69) is 25.7 Å². The van der Waals surface area contributed by atoms with Crippen LogP contribution < -0.4 is 0 Å². The first-order valence-electron chi connectivity index (χ1n) is 6.59. The van der Waals surface area contributed by atoms with Crippen molar-refractivity contribution in [1.29, 1.82) is 0 Å². The van der Waals surface area contributed by atoms with Crippen molar-refractivity contribution in [2.45, 2.75) is 65.0 Å². The van der Waals surface area contributed by atoms with Crippen LogP contribution in [0.15, 0.2) is 0 Å². The molecule has 1 rings (SSSR count). The van der Waals surface area contributed by atoms with Gasteiger partial charge in [0, 0.05) is 31.8 Å². The van der Waals surface area contributed by atoms with Gasteiger partial charge in [0.15, 0.2) is 0 Å². The third kappa shape index (κ3) is 4.52. The largest absolute Gasteiger partial charge is 0.381 e. The molecule has 0 saturated carbocycles. The van der Waals surface area contributed by atoms with E-state index in [-0.39, 0.29) is 0 Å². The summed E-state index contributed by atoms with van der Waals surface area (Å²) in [6.07, 6.45) is 6.48. The van der Waals surface area contributed by atoms with Gasteiger partial charge in [0.1, 0.15) is 0 Å². The van der Waals surface area contributed by atoms with Crippen LogP contribution in [0.3, 0.4) is 0 Å². The van der Waals surface area contributed by atoms with Gasteiger partial charge in [0.2, 0.25) is 0 Å². The molecule has 0 aromatic heterocycles. The lowest BCUT2D eigenvalue weighted by atomic mass is 9.97.